The summed E-state index contributed by atoms with van der Waals surface area (Å²) in [5.74, 6) is 0.766. The molecule has 4 rings (SSSR count). The van der Waals surface area contributed by atoms with E-state index in [0.29, 0.717) is 40.5 Å². The highest BCUT2D eigenvalue weighted by atomic mass is 19.1. The predicted molar refractivity (Wildman–Crippen MR) is 103 cm³/mol. The second-order valence-electron chi connectivity index (χ2n) is 6.32. The second kappa shape index (κ2) is 6.75. The van der Waals surface area contributed by atoms with Gasteiger partial charge in [-0.05, 0) is 36.8 Å². The topological polar surface area (TPSA) is 85.2 Å². The maximum absolute atomic E-state index is 13.4. The summed E-state index contributed by atoms with van der Waals surface area (Å²) in [6, 6.07) is 11.7. The zero-order valence-electron chi connectivity index (χ0n) is 14.8. The number of imidazole rings is 1. The van der Waals surface area contributed by atoms with Crippen molar-refractivity contribution in [2.24, 2.45) is 0 Å². The molecule has 0 unspecified atom stereocenters. The number of anilines is 1. The standard InChI is InChI=1S/C20H19FN4O2/c1-2-9-27-17-6-4-3-5-15(17)25-11-16(26)18(19(25)22)20-23-13-8-7-12(21)10-14(13)24-20/h3-8,10,22,26H,2,9,11H2,1H3,(H,23,24). The number of rotatable bonds is 5. The van der Waals surface area contributed by atoms with E-state index < -0.39 is 0 Å². The average Bonchev–Trinajstić information content (AvgIpc) is 3.19. The van der Waals surface area contributed by atoms with Crippen molar-refractivity contribution >= 4 is 28.1 Å². The third kappa shape index (κ3) is 3.01. The summed E-state index contributed by atoms with van der Waals surface area (Å²) in [5.41, 5.74) is 2.10. The summed E-state index contributed by atoms with van der Waals surface area (Å²) in [6.07, 6.45) is 0.871. The number of ether oxygens (including phenoxy) is 1. The largest absolute Gasteiger partial charge is 0.509 e. The Labute approximate surface area is 155 Å². The van der Waals surface area contributed by atoms with Crippen molar-refractivity contribution in [3.63, 3.8) is 0 Å². The second-order valence-corrected chi connectivity index (χ2v) is 6.32. The van der Waals surface area contributed by atoms with Crippen molar-refractivity contribution in [3.05, 3.63) is 59.9 Å². The van der Waals surface area contributed by atoms with Crippen molar-refractivity contribution < 1.29 is 14.2 Å². The number of para-hydroxylation sites is 2. The number of aliphatic hydroxyl groups excluding tert-OH is 1. The first-order chi connectivity index (χ1) is 13.1. The molecule has 1 aliphatic rings. The number of aromatic amines is 1. The molecule has 0 spiro atoms. The van der Waals surface area contributed by atoms with Crippen LogP contribution in [0.15, 0.2) is 48.2 Å². The number of nitrogens with zero attached hydrogens (tertiary/aromatic N) is 2. The first kappa shape index (κ1) is 17.1. The molecule has 0 atom stereocenters. The summed E-state index contributed by atoms with van der Waals surface area (Å²) in [5, 5.41) is 19.1. The Bertz CT molecular complexity index is 1060. The van der Waals surface area contributed by atoms with Crippen LogP contribution in [0.25, 0.3) is 16.6 Å². The van der Waals surface area contributed by atoms with Gasteiger partial charge in [0.15, 0.2) is 0 Å². The van der Waals surface area contributed by atoms with Crippen LogP contribution in [-0.4, -0.2) is 34.1 Å². The maximum Gasteiger partial charge on any atom is 0.145 e. The number of hydrogen-bond donors (Lipinski definition) is 3. The molecule has 0 bridgehead atoms. The molecule has 6 nitrogen and oxygen atoms in total. The highest BCUT2D eigenvalue weighted by Crippen LogP contribution is 2.35. The summed E-state index contributed by atoms with van der Waals surface area (Å²) >= 11 is 0. The van der Waals surface area contributed by atoms with Gasteiger partial charge in [-0.15, -0.1) is 0 Å². The monoisotopic (exact) mass is 366 g/mol. The van der Waals surface area contributed by atoms with E-state index in [0.717, 1.165) is 6.42 Å². The normalized spacial score (nSPS) is 14.4. The third-order valence-corrected chi connectivity index (χ3v) is 4.40. The molecule has 3 aromatic rings. The van der Waals surface area contributed by atoms with Crippen LogP contribution in [0.5, 0.6) is 5.75 Å². The van der Waals surface area contributed by atoms with Gasteiger partial charge < -0.3 is 19.7 Å². The number of aliphatic hydroxyl groups is 1. The molecule has 2 heterocycles. The van der Waals surface area contributed by atoms with E-state index in [2.05, 4.69) is 9.97 Å². The Morgan fingerprint density at radius 3 is 2.93 bits per heavy atom. The first-order valence-corrected chi connectivity index (χ1v) is 8.74. The number of amidine groups is 1. The molecule has 27 heavy (non-hydrogen) atoms. The van der Waals surface area contributed by atoms with Gasteiger partial charge in [0.25, 0.3) is 0 Å². The third-order valence-electron chi connectivity index (χ3n) is 4.40. The SMILES string of the molecule is CCCOc1ccccc1N1CC(O)=C(c2nc3ccc(F)cc3[nH]2)C1=N. The van der Waals surface area contributed by atoms with Crippen LogP contribution < -0.4 is 9.64 Å². The van der Waals surface area contributed by atoms with Crippen LogP contribution in [0, 0.1) is 11.2 Å². The van der Waals surface area contributed by atoms with Gasteiger partial charge in [0.1, 0.15) is 29.0 Å². The molecule has 1 aliphatic heterocycles. The van der Waals surface area contributed by atoms with Gasteiger partial charge in [-0.25, -0.2) is 9.37 Å². The lowest BCUT2D eigenvalue weighted by Crippen LogP contribution is -2.26. The maximum atomic E-state index is 13.4. The van der Waals surface area contributed by atoms with E-state index in [-0.39, 0.29) is 24.0 Å². The van der Waals surface area contributed by atoms with Gasteiger partial charge in [-0.2, -0.15) is 0 Å². The number of nitrogens with one attached hydrogen (secondary N) is 2. The van der Waals surface area contributed by atoms with Gasteiger partial charge in [0, 0.05) is 0 Å². The number of H-pyrrole nitrogens is 1. The smallest absolute Gasteiger partial charge is 0.145 e. The van der Waals surface area contributed by atoms with Gasteiger partial charge in [-0.3, -0.25) is 5.41 Å². The van der Waals surface area contributed by atoms with E-state index in [9.17, 15) is 9.50 Å². The minimum atomic E-state index is -0.374. The molecule has 7 heteroatoms. The molecule has 0 saturated heterocycles. The van der Waals surface area contributed by atoms with Crippen LogP contribution in [0.1, 0.15) is 19.2 Å². The average molecular weight is 366 g/mol. The van der Waals surface area contributed by atoms with E-state index in [1.165, 1.54) is 12.1 Å². The molecule has 0 amide bonds. The van der Waals surface area contributed by atoms with Crippen molar-refractivity contribution in [2.45, 2.75) is 13.3 Å². The Kier molecular flexibility index (Phi) is 4.27. The Morgan fingerprint density at radius 1 is 1.30 bits per heavy atom. The fourth-order valence-electron chi connectivity index (χ4n) is 3.15. The van der Waals surface area contributed by atoms with E-state index in [1.807, 2.05) is 31.2 Å². The molecule has 0 saturated carbocycles. The van der Waals surface area contributed by atoms with Crippen LogP contribution in [0.3, 0.4) is 0 Å². The first-order valence-electron chi connectivity index (χ1n) is 8.74. The Balaban J connectivity index is 1.69. The molecule has 1 aromatic heterocycles. The fourth-order valence-corrected chi connectivity index (χ4v) is 3.15. The summed E-state index contributed by atoms with van der Waals surface area (Å²) < 4.78 is 19.2. The Hall–Kier alpha value is -3.35. The van der Waals surface area contributed by atoms with Crippen molar-refractivity contribution in [3.8, 4) is 5.75 Å². The lowest BCUT2D eigenvalue weighted by molar-refractivity contribution is 0.318. The van der Waals surface area contributed by atoms with Crippen LogP contribution in [0.2, 0.25) is 0 Å². The highest BCUT2D eigenvalue weighted by molar-refractivity contribution is 6.30. The summed E-state index contributed by atoms with van der Waals surface area (Å²) in [4.78, 5) is 9.06. The van der Waals surface area contributed by atoms with Crippen molar-refractivity contribution in [1.82, 2.24) is 9.97 Å². The minimum Gasteiger partial charge on any atom is -0.509 e. The molecular weight excluding hydrogens is 347 g/mol. The minimum absolute atomic E-state index is 0.0322. The van der Waals surface area contributed by atoms with E-state index in [1.54, 1.807) is 11.0 Å². The summed E-state index contributed by atoms with van der Waals surface area (Å²) in [6.45, 7) is 2.74. The molecule has 0 radical (unpaired) electrons. The molecular formula is C20H19FN4O2. The number of hydrogen-bond acceptors (Lipinski definition) is 4. The lowest BCUT2D eigenvalue weighted by atomic mass is 10.2. The fraction of sp³-hybridized carbons (Fsp3) is 0.200. The quantitative estimate of drug-likeness (QED) is 0.630. The number of fused-ring (bicyclic) bond motifs is 1. The van der Waals surface area contributed by atoms with E-state index in [4.69, 9.17) is 10.1 Å². The predicted octanol–water partition coefficient (Wildman–Crippen LogP) is 4.26. The Morgan fingerprint density at radius 2 is 2.11 bits per heavy atom. The van der Waals surface area contributed by atoms with Crippen molar-refractivity contribution in [1.29, 1.82) is 5.41 Å². The van der Waals surface area contributed by atoms with Gasteiger partial charge in [0.05, 0.1) is 35.4 Å². The van der Waals surface area contributed by atoms with Crippen LogP contribution in [-0.2, 0) is 0 Å². The molecule has 0 fully saturated rings. The van der Waals surface area contributed by atoms with Gasteiger partial charge >= 0.3 is 0 Å². The zero-order chi connectivity index (χ0) is 19.0. The zero-order valence-corrected chi connectivity index (χ0v) is 14.8. The molecule has 2 aromatic carbocycles. The molecule has 138 valence electrons. The van der Waals surface area contributed by atoms with Gasteiger partial charge in [-0.1, -0.05) is 19.1 Å². The lowest BCUT2D eigenvalue weighted by Gasteiger charge is -2.21. The van der Waals surface area contributed by atoms with Crippen molar-refractivity contribution in [2.75, 3.05) is 18.1 Å². The molecule has 3 N–H and O–H groups in total. The van der Waals surface area contributed by atoms with Gasteiger partial charge in [0.2, 0.25) is 0 Å². The van der Waals surface area contributed by atoms with Crippen LogP contribution >= 0.6 is 0 Å². The highest BCUT2D eigenvalue weighted by Gasteiger charge is 2.32. The van der Waals surface area contributed by atoms with E-state index >= 15 is 0 Å². The molecule has 0 aliphatic carbocycles. The van der Waals surface area contributed by atoms with Crippen LogP contribution in [0.4, 0.5) is 10.1 Å². The number of halogens is 1. The number of aromatic nitrogens is 2. The summed E-state index contributed by atoms with van der Waals surface area (Å²) in [7, 11) is 0. The number of benzene rings is 2.